The van der Waals surface area contributed by atoms with Crippen molar-refractivity contribution in [2.75, 3.05) is 0 Å². The Morgan fingerprint density at radius 2 is 2.15 bits per heavy atom. The summed E-state index contributed by atoms with van der Waals surface area (Å²) in [5, 5.41) is 11.8. The Kier molecular flexibility index (Phi) is 4.13. The second-order valence-corrected chi connectivity index (χ2v) is 5.01. The van der Waals surface area contributed by atoms with E-state index in [1.54, 1.807) is 15.6 Å². The van der Waals surface area contributed by atoms with Gasteiger partial charge in [-0.15, -0.1) is 0 Å². The van der Waals surface area contributed by atoms with Gasteiger partial charge >= 0.3 is 0 Å². The van der Waals surface area contributed by atoms with Crippen molar-refractivity contribution in [3.8, 4) is 0 Å². The van der Waals surface area contributed by atoms with Gasteiger partial charge in [0.25, 0.3) is 5.91 Å². The Hall–Kier alpha value is -1.82. The van der Waals surface area contributed by atoms with E-state index in [-0.39, 0.29) is 5.91 Å². The molecule has 1 N–H and O–H groups in total. The first-order valence-corrected chi connectivity index (χ1v) is 6.82. The summed E-state index contributed by atoms with van der Waals surface area (Å²) in [7, 11) is 1.82. The van der Waals surface area contributed by atoms with Gasteiger partial charge in [0.05, 0.1) is 34.7 Å². The lowest BCUT2D eigenvalue weighted by Crippen LogP contribution is -2.25. The first-order valence-electron chi connectivity index (χ1n) is 6.44. The number of nitrogens with one attached hydrogen (secondary N) is 1. The second-order valence-electron chi connectivity index (χ2n) is 4.61. The second kappa shape index (κ2) is 5.66. The monoisotopic (exact) mass is 295 g/mol. The Bertz CT molecular complexity index is 643. The van der Waals surface area contributed by atoms with E-state index in [1.165, 1.54) is 0 Å². The van der Waals surface area contributed by atoms with Crippen molar-refractivity contribution >= 4 is 17.5 Å². The average Bonchev–Trinajstić information content (AvgIpc) is 2.88. The largest absolute Gasteiger partial charge is 0.346 e. The van der Waals surface area contributed by atoms with E-state index >= 15 is 0 Å². The Labute approximate surface area is 122 Å². The Balaban J connectivity index is 2.15. The maximum atomic E-state index is 12.3. The van der Waals surface area contributed by atoms with Gasteiger partial charge in [-0.05, 0) is 20.8 Å². The SMILES string of the molecule is CCn1ncc(Cl)c1CNC(=O)c1c(C)nn(C)c1C. The highest BCUT2D eigenvalue weighted by Crippen LogP contribution is 2.16. The molecule has 0 fully saturated rings. The molecule has 0 bridgehead atoms. The molecule has 0 aromatic carbocycles. The van der Waals surface area contributed by atoms with E-state index < -0.39 is 0 Å². The number of hydrogen-bond donors (Lipinski definition) is 1. The van der Waals surface area contributed by atoms with Crippen LogP contribution in [-0.4, -0.2) is 25.5 Å². The van der Waals surface area contributed by atoms with Crippen LogP contribution in [0.3, 0.4) is 0 Å². The molecule has 1 amide bonds. The van der Waals surface area contributed by atoms with Crippen LogP contribution in [0.15, 0.2) is 6.20 Å². The number of nitrogens with zero attached hydrogens (tertiary/aromatic N) is 4. The predicted molar refractivity (Wildman–Crippen MR) is 76.8 cm³/mol. The van der Waals surface area contributed by atoms with Crippen molar-refractivity contribution in [1.29, 1.82) is 0 Å². The lowest BCUT2D eigenvalue weighted by atomic mass is 10.2. The molecule has 0 aliphatic carbocycles. The van der Waals surface area contributed by atoms with Gasteiger partial charge in [0.2, 0.25) is 0 Å². The van der Waals surface area contributed by atoms with Gasteiger partial charge in [-0.1, -0.05) is 11.6 Å². The van der Waals surface area contributed by atoms with Gasteiger partial charge in [0.1, 0.15) is 0 Å². The third kappa shape index (κ3) is 2.56. The molecule has 20 heavy (non-hydrogen) atoms. The topological polar surface area (TPSA) is 64.7 Å². The molecule has 2 rings (SSSR count). The Morgan fingerprint density at radius 1 is 1.45 bits per heavy atom. The molecule has 0 aliphatic heterocycles. The summed E-state index contributed by atoms with van der Waals surface area (Å²) in [4.78, 5) is 12.3. The molecule has 108 valence electrons. The molecular weight excluding hydrogens is 278 g/mol. The fourth-order valence-electron chi connectivity index (χ4n) is 2.19. The lowest BCUT2D eigenvalue weighted by molar-refractivity contribution is 0.0948. The number of halogens is 1. The van der Waals surface area contributed by atoms with Gasteiger partial charge < -0.3 is 5.32 Å². The molecule has 2 aromatic heterocycles. The number of rotatable bonds is 4. The van der Waals surface area contributed by atoms with E-state index in [4.69, 9.17) is 11.6 Å². The average molecular weight is 296 g/mol. The number of aromatic nitrogens is 4. The zero-order valence-corrected chi connectivity index (χ0v) is 12.8. The summed E-state index contributed by atoms with van der Waals surface area (Å²) >= 11 is 6.07. The number of amides is 1. The number of hydrogen-bond acceptors (Lipinski definition) is 3. The smallest absolute Gasteiger partial charge is 0.255 e. The van der Waals surface area contributed by atoms with Crippen LogP contribution in [0.5, 0.6) is 0 Å². The molecule has 0 spiro atoms. The van der Waals surface area contributed by atoms with Crippen molar-refractivity contribution < 1.29 is 4.79 Å². The lowest BCUT2D eigenvalue weighted by Gasteiger charge is -2.08. The maximum absolute atomic E-state index is 12.3. The van der Waals surface area contributed by atoms with Crippen LogP contribution in [-0.2, 0) is 20.1 Å². The summed E-state index contributed by atoms with van der Waals surface area (Å²) in [5.41, 5.74) is 2.99. The maximum Gasteiger partial charge on any atom is 0.255 e. The Morgan fingerprint density at radius 3 is 2.70 bits per heavy atom. The van der Waals surface area contributed by atoms with Crippen LogP contribution in [0.2, 0.25) is 5.02 Å². The molecule has 7 heteroatoms. The van der Waals surface area contributed by atoms with Crippen LogP contribution >= 0.6 is 11.6 Å². The summed E-state index contributed by atoms with van der Waals surface area (Å²) < 4.78 is 3.47. The van der Waals surface area contributed by atoms with Gasteiger partial charge in [0, 0.05) is 19.3 Å². The molecular formula is C13H18ClN5O. The van der Waals surface area contributed by atoms with E-state index in [1.807, 2.05) is 27.8 Å². The molecule has 0 saturated carbocycles. The normalized spacial score (nSPS) is 10.8. The molecule has 0 radical (unpaired) electrons. The quantitative estimate of drug-likeness (QED) is 0.936. The summed E-state index contributed by atoms with van der Waals surface area (Å²) in [5.74, 6) is -0.145. The third-order valence-electron chi connectivity index (χ3n) is 3.35. The third-order valence-corrected chi connectivity index (χ3v) is 3.67. The number of aryl methyl sites for hydroxylation is 3. The minimum atomic E-state index is -0.145. The fourth-order valence-corrected chi connectivity index (χ4v) is 2.40. The van der Waals surface area contributed by atoms with Crippen LogP contribution in [0.4, 0.5) is 0 Å². The van der Waals surface area contributed by atoms with Crippen molar-refractivity contribution in [1.82, 2.24) is 24.9 Å². The highest BCUT2D eigenvalue weighted by atomic mass is 35.5. The zero-order chi connectivity index (χ0) is 14.9. The van der Waals surface area contributed by atoms with Crippen molar-refractivity contribution in [2.45, 2.75) is 33.9 Å². The van der Waals surface area contributed by atoms with E-state index in [2.05, 4.69) is 15.5 Å². The van der Waals surface area contributed by atoms with Crippen molar-refractivity contribution in [2.24, 2.45) is 7.05 Å². The van der Waals surface area contributed by atoms with Crippen LogP contribution in [0.25, 0.3) is 0 Å². The predicted octanol–water partition coefficient (Wildman–Crippen LogP) is 1.84. The molecule has 0 aliphatic rings. The molecule has 2 aromatic rings. The highest BCUT2D eigenvalue weighted by molar-refractivity contribution is 6.31. The van der Waals surface area contributed by atoms with Crippen molar-refractivity contribution in [3.63, 3.8) is 0 Å². The minimum absolute atomic E-state index is 0.145. The molecule has 0 unspecified atom stereocenters. The highest BCUT2D eigenvalue weighted by Gasteiger charge is 2.18. The van der Waals surface area contributed by atoms with Gasteiger partial charge in [-0.25, -0.2) is 0 Å². The molecule has 0 saturated heterocycles. The summed E-state index contributed by atoms with van der Waals surface area (Å²) in [6, 6.07) is 0. The van der Waals surface area contributed by atoms with Crippen LogP contribution in [0, 0.1) is 13.8 Å². The van der Waals surface area contributed by atoms with E-state index in [9.17, 15) is 4.79 Å². The van der Waals surface area contributed by atoms with Crippen LogP contribution < -0.4 is 5.32 Å². The number of carbonyl (C=O) groups is 1. The molecule has 2 heterocycles. The summed E-state index contributed by atoms with van der Waals surface area (Å²) in [6.45, 7) is 6.73. The van der Waals surface area contributed by atoms with E-state index in [0.29, 0.717) is 23.7 Å². The zero-order valence-electron chi connectivity index (χ0n) is 12.1. The van der Waals surface area contributed by atoms with Gasteiger partial charge in [-0.2, -0.15) is 10.2 Å². The van der Waals surface area contributed by atoms with Gasteiger partial charge in [0.15, 0.2) is 0 Å². The first-order chi connectivity index (χ1) is 9.45. The van der Waals surface area contributed by atoms with E-state index in [0.717, 1.165) is 17.1 Å². The van der Waals surface area contributed by atoms with Crippen molar-refractivity contribution in [3.05, 3.63) is 33.9 Å². The molecule has 6 nitrogen and oxygen atoms in total. The first kappa shape index (κ1) is 14.6. The number of carbonyl (C=O) groups excluding carboxylic acids is 1. The standard InChI is InChI=1S/C13H18ClN5O/c1-5-19-11(10(14)6-16-19)7-15-13(20)12-8(2)17-18(4)9(12)3/h6H,5,7H2,1-4H3,(H,15,20). The summed E-state index contributed by atoms with van der Waals surface area (Å²) in [6.07, 6.45) is 1.59. The van der Waals surface area contributed by atoms with Crippen LogP contribution in [0.1, 0.15) is 34.4 Å². The fraction of sp³-hybridized carbons (Fsp3) is 0.462. The van der Waals surface area contributed by atoms with Gasteiger partial charge in [-0.3, -0.25) is 14.2 Å². The minimum Gasteiger partial charge on any atom is -0.346 e. The molecule has 0 atom stereocenters.